The smallest absolute Gasteiger partial charge is 0.0640 e. The first-order valence-corrected chi connectivity index (χ1v) is 18.3. The zero-order chi connectivity index (χ0) is 33.5. The first-order valence-electron chi connectivity index (χ1n) is 17.4. The van der Waals surface area contributed by atoms with Crippen molar-refractivity contribution in [3.05, 3.63) is 182 Å². The molecule has 0 spiro atoms. The van der Waals surface area contributed by atoms with Crippen molar-refractivity contribution in [2.24, 2.45) is 0 Å². The van der Waals surface area contributed by atoms with Gasteiger partial charge >= 0.3 is 0 Å². The van der Waals surface area contributed by atoms with Gasteiger partial charge in [0.25, 0.3) is 0 Å². The lowest BCUT2D eigenvalue weighted by molar-refractivity contribution is 1.18. The maximum atomic E-state index is 2.47. The Hall–Kier alpha value is -6.42. The Bertz CT molecular complexity index is 3150. The molecule has 0 N–H and O–H groups in total. The summed E-state index contributed by atoms with van der Waals surface area (Å²) in [6.45, 7) is 0. The van der Waals surface area contributed by atoms with Gasteiger partial charge in [0, 0.05) is 43.3 Å². The number of hydrogen-bond donors (Lipinski definition) is 0. The molecular formula is C48H30N2S. The van der Waals surface area contributed by atoms with Crippen LogP contribution >= 0.6 is 11.3 Å². The highest BCUT2D eigenvalue weighted by molar-refractivity contribution is 7.26. The molecule has 2 heterocycles. The molecule has 2 nitrogen and oxygen atoms in total. The summed E-state index contributed by atoms with van der Waals surface area (Å²) in [7, 11) is 0. The SMILES string of the molecule is c1ccc(-n2c3ccccc3c3cc(N(c4ccc5c(ccc6c7ccccc7ccc56)c4)c4cccc5c4sc4ccccc45)ccc32)cc1. The number of para-hydroxylation sites is 2. The summed E-state index contributed by atoms with van der Waals surface area (Å²) in [5, 5.41) is 12.7. The molecule has 2 aromatic heterocycles. The molecule has 51 heavy (non-hydrogen) atoms. The second kappa shape index (κ2) is 11.0. The number of anilines is 3. The molecule has 0 atom stereocenters. The predicted octanol–water partition coefficient (Wildman–Crippen LogP) is 14.1. The summed E-state index contributed by atoms with van der Waals surface area (Å²) >= 11 is 1.87. The first-order chi connectivity index (χ1) is 25.3. The topological polar surface area (TPSA) is 8.17 Å². The highest BCUT2D eigenvalue weighted by atomic mass is 32.1. The molecule has 0 radical (unpaired) electrons. The monoisotopic (exact) mass is 666 g/mol. The van der Waals surface area contributed by atoms with Crippen LogP contribution < -0.4 is 4.90 Å². The summed E-state index contributed by atoms with van der Waals surface area (Å²) in [5.74, 6) is 0. The van der Waals surface area contributed by atoms with Crippen molar-refractivity contribution in [2.45, 2.75) is 0 Å². The van der Waals surface area contributed by atoms with Crippen molar-refractivity contribution in [3.8, 4) is 5.69 Å². The van der Waals surface area contributed by atoms with Crippen molar-refractivity contribution in [2.75, 3.05) is 4.90 Å². The molecule has 0 saturated carbocycles. The van der Waals surface area contributed by atoms with Gasteiger partial charge in [-0.2, -0.15) is 0 Å². The lowest BCUT2D eigenvalue weighted by Crippen LogP contribution is -2.10. The zero-order valence-electron chi connectivity index (χ0n) is 27.6. The fraction of sp³-hybridized carbons (Fsp3) is 0. The Morgan fingerprint density at radius 2 is 1.00 bits per heavy atom. The van der Waals surface area contributed by atoms with E-state index in [2.05, 4.69) is 191 Å². The Morgan fingerprint density at radius 3 is 1.88 bits per heavy atom. The van der Waals surface area contributed by atoms with Crippen LogP contribution in [0, 0.1) is 0 Å². The average molecular weight is 667 g/mol. The van der Waals surface area contributed by atoms with E-state index in [9.17, 15) is 0 Å². The Kier molecular flexibility index (Phi) is 6.16. The zero-order valence-corrected chi connectivity index (χ0v) is 28.4. The van der Waals surface area contributed by atoms with Crippen LogP contribution in [0.2, 0.25) is 0 Å². The summed E-state index contributed by atoms with van der Waals surface area (Å²) in [6, 6.07) is 66.8. The maximum Gasteiger partial charge on any atom is 0.0640 e. The van der Waals surface area contributed by atoms with Crippen LogP contribution in [0.25, 0.3) is 80.0 Å². The van der Waals surface area contributed by atoms with E-state index in [0.29, 0.717) is 0 Å². The molecule has 0 saturated heterocycles. The van der Waals surface area contributed by atoms with Gasteiger partial charge in [0.05, 0.1) is 21.4 Å². The Balaban J connectivity index is 1.18. The largest absolute Gasteiger partial charge is 0.309 e. The van der Waals surface area contributed by atoms with Gasteiger partial charge in [-0.1, -0.05) is 121 Å². The van der Waals surface area contributed by atoms with Gasteiger partial charge in [-0.15, -0.1) is 11.3 Å². The standard InChI is InChI=1S/C48H30N2S/c1-2-12-33(13-3-1)50-44-18-8-6-15-40(44)43-30-35(24-28-45(43)50)49(46-19-10-17-42-41-16-7-9-20-47(41)51-48(42)46)34-23-27-37-32(29-34)22-26-38-36-14-5-4-11-31(36)21-25-39(37)38/h1-30H. The quantitative estimate of drug-likeness (QED) is 0.170. The van der Waals surface area contributed by atoms with E-state index in [4.69, 9.17) is 0 Å². The molecule has 0 aliphatic heterocycles. The molecular weight excluding hydrogens is 637 g/mol. The van der Waals surface area contributed by atoms with Crippen molar-refractivity contribution in [1.29, 1.82) is 0 Å². The fourth-order valence-electron chi connectivity index (χ4n) is 8.25. The van der Waals surface area contributed by atoms with Gasteiger partial charge in [0.1, 0.15) is 0 Å². The van der Waals surface area contributed by atoms with Gasteiger partial charge in [-0.25, -0.2) is 0 Å². The van der Waals surface area contributed by atoms with Gasteiger partial charge in [0.15, 0.2) is 0 Å². The highest BCUT2D eigenvalue weighted by Crippen LogP contribution is 2.47. The number of nitrogens with zero attached hydrogens (tertiary/aromatic N) is 2. The molecule has 0 fully saturated rings. The van der Waals surface area contributed by atoms with Crippen LogP contribution in [-0.4, -0.2) is 4.57 Å². The van der Waals surface area contributed by atoms with Crippen LogP contribution in [0.15, 0.2) is 182 Å². The summed E-state index contributed by atoms with van der Waals surface area (Å²) in [5.41, 5.74) is 7.03. The third-order valence-corrected chi connectivity index (χ3v) is 11.7. The van der Waals surface area contributed by atoms with Crippen LogP contribution in [-0.2, 0) is 0 Å². The van der Waals surface area contributed by atoms with Crippen LogP contribution in [0.4, 0.5) is 17.1 Å². The summed E-state index contributed by atoms with van der Waals surface area (Å²) in [6.07, 6.45) is 0. The van der Waals surface area contributed by atoms with Crippen molar-refractivity contribution in [1.82, 2.24) is 4.57 Å². The highest BCUT2D eigenvalue weighted by Gasteiger charge is 2.21. The van der Waals surface area contributed by atoms with E-state index < -0.39 is 0 Å². The third kappa shape index (κ3) is 4.29. The van der Waals surface area contributed by atoms with Gasteiger partial charge in [-0.05, 0) is 93.0 Å². The lowest BCUT2D eigenvalue weighted by atomic mass is 9.96. The van der Waals surface area contributed by atoms with Gasteiger partial charge < -0.3 is 9.47 Å². The fourth-order valence-corrected chi connectivity index (χ4v) is 9.45. The molecule has 3 heteroatoms. The minimum absolute atomic E-state index is 1.13. The first kappa shape index (κ1) is 28.4. The lowest BCUT2D eigenvalue weighted by Gasteiger charge is -2.27. The molecule has 11 rings (SSSR count). The molecule has 238 valence electrons. The van der Waals surface area contributed by atoms with Gasteiger partial charge in [0.2, 0.25) is 0 Å². The van der Waals surface area contributed by atoms with E-state index in [1.165, 1.54) is 80.0 Å². The number of thiophene rings is 1. The van der Waals surface area contributed by atoms with Crippen LogP contribution in [0.1, 0.15) is 0 Å². The van der Waals surface area contributed by atoms with Crippen LogP contribution in [0.3, 0.4) is 0 Å². The predicted molar refractivity (Wildman–Crippen MR) is 221 cm³/mol. The molecule has 9 aromatic carbocycles. The molecule has 0 unspecified atom stereocenters. The number of fused-ring (bicyclic) bond motifs is 11. The van der Waals surface area contributed by atoms with E-state index in [1.807, 2.05) is 11.3 Å². The van der Waals surface area contributed by atoms with Crippen molar-refractivity contribution < 1.29 is 0 Å². The summed E-state index contributed by atoms with van der Waals surface area (Å²) < 4.78 is 4.98. The van der Waals surface area contributed by atoms with Crippen molar-refractivity contribution in [3.63, 3.8) is 0 Å². The molecule has 0 aliphatic rings. The number of rotatable bonds is 4. The maximum absolute atomic E-state index is 2.47. The van der Waals surface area contributed by atoms with E-state index in [0.717, 1.165) is 17.1 Å². The summed E-state index contributed by atoms with van der Waals surface area (Å²) in [4.78, 5) is 2.47. The molecule has 0 bridgehead atoms. The number of hydrogen-bond acceptors (Lipinski definition) is 2. The Morgan fingerprint density at radius 1 is 0.373 bits per heavy atom. The average Bonchev–Trinajstić information content (AvgIpc) is 3.74. The van der Waals surface area contributed by atoms with E-state index in [1.54, 1.807) is 0 Å². The molecule has 0 amide bonds. The van der Waals surface area contributed by atoms with Gasteiger partial charge in [-0.3, -0.25) is 0 Å². The minimum atomic E-state index is 1.13. The van der Waals surface area contributed by atoms with E-state index in [-0.39, 0.29) is 0 Å². The number of benzene rings is 9. The second-order valence-corrected chi connectivity index (χ2v) is 14.4. The molecule has 11 aromatic rings. The number of aromatic nitrogens is 1. The third-order valence-electron chi connectivity index (χ3n) is 10.5. The molecule has 0 aliphatic carbocycles. The van der Waals surface area contributed by atoms with Crippen molar-refractivity contribution >= 4 is 103 Å². The van der Waals surface area contributed by atoms with Crippen LogP contribution in [0.5, 0.6) is 0 Å². The second-order valence-electron chi connectivity index (χ2n) is 13.3. The Labute approximate surface area is 298 Å². The normalized spacial score (nSPS) is 11.9. The van der Waals surface area contributed by atoms with E-state index >= 15 is 0 Å². The minimum Gasteiger partial charge on any atom is -0.309 e.